The highest BCUT2D eigenvalue weighted by Crippen LogP contribution is 2.48. The van der Waals surface area contributed by atoms with Crippen LogP contribution in [0.15, 0.2) is 6.20 Å². The van der Waals surface area contributed by atoms with Gasteiger partial charge in [-0.05, 0) is 26.9 Å². The molecule has 0 aliphatic heterocycles. The minimum absolute atomic E-state index is 0.163. The van der Waals surface area contributed by atoms with E-state index in [0.717, 1.165) is 19.4 Å². The van der Waals surface area contributed by atoms with Gasteiger partial charge in [-0.25, -0.2) is 0 Å². The van der Waals surface area contributed by atoms with Crippen LogP contribution in [0.5, 0.6) is 5.75 Å². The summed E-state index contributed by atoms with van der Waals surface area (Å²) in [5, 5.41) is 4.27. The van der Waals surface area contributed by atoms with E-state index in [4.69, 9.17) is 4.74 Å². The van der Waals surface area contributed by atoms with E-state index >= 15 is 0 Å². The first-order chi connectivity index (χ1) is 8.48. The number of Topliss-reactive ketones (excluding diaryl/α,β-unsaturated/α-hetero) is 1. The third-order valence-corrected chi connectivity index (χ3v) is 3.55. The summed E-state index contributed by atoms with van der Waals surface area (Å²) in [5.41, 5.74) is 0.433. The zero-order valence-electron chi connectivity index (χ0n) is 11.6. The van der Waals surface area contributed by atoms with Crippen LogP contribution >= 0.6 is 0 Å². The summed E-state index contributed by atoms with van der Waals surface area (Å²) in [5.74, 6) is 0.752. The van der Waals surface area contributed by atoms with E-state index in [1.807, 2.05) is 21.0 Å². The zero-order chi connectivity index (χ0) is 13.3. The first-order valence-electron chi connectivity index (χ1n) is 6.27. The van der Waals surface area contributed by atoms with Crippen LogP contribution in [0.25, 0.3) is 0 Å². The molecule has 100 valence electrons. The molecule has 0 atom stereocenters. The van der Waals surface area contributed by atoms with Crippen molar-refractivity contribution in [3.63, 3.8) is 0 Å². The molecule has 5 nitrogen and oxygen atoms in total. The van der Waals surface area contributed by atoms with Crippen molar-refractivity contribution in [2.75, 3.05) is 27.7 Å². The van der Waals surface area contributed by atoms with Crippen LogP contribution < -0.4 is 4.74 Å². The maximum Gasteiger partial charge on any atom is 0.190 e. The largest absolute Gasteiger partial charge is 0.493 e. The number of nitrogens with zero attached hydrogens (tertiary/aromatic N) is 3. The standard InChI is InChI=1S/C13H21N3O2/c1-13(5-6-13)12(17)11-10(18-4)9-14-16(11)8-7-15(2)3/h9H,5-8H2,1-4H3. The number of ether oxygens (including phenoxy) is 1. The van der Waals surface area contributed by atoms with Gasteiger partial charge in [-0.2, -0.15) is 5.10 Å². The SMILES string of the molecule is COc1cnn(CCN(C)C)c1C(=O)C1(C)CC1. The number of hydrogen-bond donors (Lipinski definition) is 0. The monoisotopic (exact) mass is 251 g/mol. The molecule has 0 saturated heterocycles. The Bertz CT molecular complexity index is 447. The minimum atomic E-state index is -0.191. The number of likely N-dealkylation sites (N-methyl/N-ethyl adjacent to an activating group) is 1. The third kappa shape index (κ3) is 2.41. The fraction of sp³-hybridized carbons (Fsp3) is 0.692. The molecule has 1 heterocycles. The molecule has 2 rings (SSSR count). The van der Waals surface area contributed by atoms with Crippen molar-refractivity contribution in [2.24, 2.45) is 5.41 Å². The lowest BCUT2D eigenvalue weighted by Crippen LogP contribution is -2.24. The summed E-state index contributed by atoms with van der Waals surface area (Å²) in [6, 6.07) is 0. The molecule has 1 aliphatic carbocycles. The Hall–Kier alpha value is -1.36. The molecular formula is C13H21N3O2. The Morgan fingerprint density at radius 1 is 1.56 bits per heavy atom. The van der Waals surface area contributed by atoms with Gasteiger partial charge in [0.2, 0.25) is 0 Å². The molecule has 1 aromatic heterocycles. The number of aromatic nitrogens is 2. The van der Waals surface area contributed by atoms with Crippen LogP contribution in [0.1, 0.15) is 30.3 Å². The third-order valence-electron chi connectivity index (χ3n) is 3.55. The molecule has 0 spiro atoms. The average molecular weight is 251 g/mol. The predicted molar refractivity (Wildman–Crippen MR) is 69.0 cm³/mol. The van der Waals surface area contributed by atoms with Crippen LogP contribution in [-0.2, 0) is 6.54 Å². The van der Waals surface area contributed by atoms with Gasteiger partial charge in [0.25, 0.3) is 0 Å². The fourth-order valence-corrected chi connectivity index (χ4v) is 1.91. The van der Waals surface area contributed by atoms with Crippen molar-refractivity contribution < 1.29 is 9.53 Å². The van der Waals surface area contributed by atoms with Crippen LogP contribution in [-0.4, -0.2) is 48.2 Å². The predicted octanol–water partition coefficient (Wildman–Crippen LogP) is 1.44. The second kappa shape index (κ2) is 4.72. The number of rotatable bonds is 6. The summed E-state index contributed by atoms with van der Waals surface area (Å²) in [6.45, 7) is 3.56. The Morgan fingerprint density at radius 2 is 2.22 bits per heavy atom. The summed E-state index contributed by atoms with van der Waals surface area (Å²) >= 11 is 0. The second-order valence-electron chi connectivity index (χ2n) is 5.48. The van der Waals surface area contributed by atoms with Crippen LogP contribution in [0, 0.1) is 5.41 Å². The smallest absolute Gasteiger partial charge is 0.190 e. The molecule has 0 bridgehead atoms. The first-order valence-corrected chi connectivity index (χ1v) is 6.27. The Balaban J connectivity index is 2.25. The van der Waals surface area contributed by atoms with Crippen molar-refractivity contribution >= 4 is 5.78 Å². The molecule has 1 fully saturated rings. The van der Waals surface area contributed by atoms with E-state index in [9.17, 15) is 4.79 Å². The molecule has 1 saturated carbocycles. The van der Waals surface area contributed by atoms with E-state index in [1.54, 1.807) is 18.0 Å². The number of methoxy groups -OCH3 is 1. The molecule has 0 N–H and O–H groups in total. The van der Waals surface area contributed by atoms with Gasteiger partial charge < -0.3 is 9.64 Å². The lowest BCUT2D eigenvalue weighted by Gasteiger charge is -2.14. The number of carbonyl (C=O) groups excluding carboxylic acids is 1. The van der Waals surface area contributed by atoms with Crippen LogP contribution in [0.4, 0.5) is 0 Å². The second-order valence-corrected chi connectivity index (χ2v) is 5.48. The number of ketones is 1. The normalized spacial score (nSPS) is 16.9. The molecule has 18 heavy (non-hydrogen) atoms. The van der Waals surface area contributed by atoms with Gasteiger partial charge >= 0.3 is 0 Å². The van der Waals surface area contributed by atoms with E-state index in [2.05, 4.69) is 10.00 Å². The first kappa shape index (κ1) is 13.1. The fourth-order valence-electron chi connectivity index (χ4n) is 1.91. The summed E-state index contributed by atoms with van der Waals surface area (Å²) in [7, 11) is 5.59. The topological polar surface area (TPSA) is 47.4 Å². The van der Waals surface area contributed by atoms with E-state index < -0.39 is 0 Å². The highest BCUT2D eigenvalue weighted by molar-refractivity contribution is 6.02. The lowest BCUT2D eigenvalue weighted by atomic mass is 10.0. The molecule has 1 aromatic rings. The Labute approximate surface area is 108 Å². The van der Waals surface area contributed by atoms with E-state index in [1.165, 1.54) is 0 Å². The summed E-state index contributed by atoms with van der Waals surface area (Å²) in [6.07, 6.45) is 3.57. The van der Waals surface area contributed by atoms with Gasteiger partial charge in [0.15, 0.2) is 11.5 Å². The molecule has 1 aliphatic rings. The van der Waals surface area contributed by atoms with Gasteiger partial charge in [-0.3, -0.25) is 9.48 Å². The number of hydrogen-bond acceptors (Lipinski definition) is 4. The van der Waals surface area contributed by atoms with Gasteiger partial charge in [-0.1, -0.05) is 6.92 Å². The minimum Gasteiger partial charge on any atom is -0.493 e. The Kier molecular flexibility index (Phi) is 3.43. The zero-order valence-corrected chi connectivity index (χ0v) is 11.6. The van der Waals surface area contributed by atoms with E-state index in [-0.39, 0.29) is 11.2 Å². The van der Waals surface area contributed by atoms with Crippen LogP contribution in [0.3, 0.4) is 0 Å². The molecule has 0 aromatic carbocycles. The highest BCUT2D eigenvalue weighted by Gasteiger charge is 2.47. The summed E-state index contributed by atoms with van der Waals surface area (Å²) in [4.78, 5) is 14.6. The van der Waals surface area contributed by atoms with Gasteiger partial charge in [-0.15, -0.1) is 0 Å². The lowest BCUT2D eigenvalue weighted by molar-refractivity contribution is 0.0897. The molecule has 0 amide bonds. The molecular weight excluding hydrogens is 230 g/mol. The van der Waals surface area contributed by atoms with E-state index in [0.29, 0.717) is 18.0 Å². The van der Waals surface area contributed by atoms with Crippen molar-refractivity contribution in [3.8, 4) is 5.75 Å². The highest BCUT2D eigenvalue weighted by atomic mass is 16.5. The molecule has 0 unspecified atom stereocenters. The molecule has 5 heteroatoms. The van der Waals surface area contributed by atoms with Gasteiger partial charge in [0.05, 0.1) is 19.9 Å². The van der Waals surface area contributed by atoms with Crippen molar-refractivity contribution in [1.29, 1.82) is 0 Å². The maximum atomic E-state index is 12.5. The van der Waals surface area contributed by atoms with Gasteiger partial charge in [0.1, 0.15) is 5.69 Å². The van der Waals surface area contributed by atoms with Crippen molar-refractivity contribution in [2.45, 2.75) is 26.3 Å². The van der Waals surface area contributed by atoms with Gasteiger partial charge in [0, 0.05) is 12.0 Å². The van der Waals surface area contributed by atoms with Crippen LogP contribution in [0.2, 0.25) is 0 Å². The Morgan fingerprint density at radius 3 is 2.72 bits per heavy atom. The number of carbonyl (C=O) groups is 1. The quantitative estimate of drug-likeness (QED) is 0.718. The summed E-state index contributed by atoms with van der Waals surface area (Å²) < 4.78 is 7.03. The van der Waals surface area contributed by atoms with Crippen molar-refractivity contribution in [1.82, 2.24) is 14.7 Å². The van der Waals surface area contributed by atoms with Crippen molar-refractivity contribution in [3.05, 3.63) is 11.9 Å². The maximum absolute atomic E-state index is 12.5. The average Bonchev–Trinajstić information content (AvgIpc) is 2.95. The molecule has 0 radical (unpaired) electrons.